The summed E-state index contributed by atoms with van der Waals surface area (Å²) in [5.41, 5.74) is 2.91. The minimum Gasteiger partial charge on any atom is -0.349 e. The van der Waals surface area contributed by atoms with Gasteiger partial charge in [-0.25, -0.2) is 9.97 Å². The molecule has 0 saturated heterocycles. The highest BCUT2D eigenvalue weighted by Crippen LogP contribution is 2.20. The van der Waals surface area contributed by atoms with Crippen LogP contribution >= 0.6 is 11.8 Å². The number of amides is 1. The molecule has 0 unspecified atom stereocenters. The lowest BCUT2D eigenvalue weighted by molar-refractivity contribution is -0.120. The summed E-state index contributed by atoms with van der Waals surface area (Å²) in [5, 5.41) is 3.57. The SMILES string of the molecule is Cc1ccn2cc(CNC(=O)[C@@H](C)Sc3ccccn3)nc2c1. The Bertz CT molecular complexity index is 816. The Kier molecular flexibility index (Phi) is 4.62. The van der Waals surface area contributed by atoms with Crippen LogP contribution in [0.15, 0.2) is 53.9 Å². The molecule has 0 aromatic carbocycles. The first-order valence-corrected chi connectivity index (χ1v) is 8.29. The number of aromatic nitrogens is 3. The van der Waals surface area contributed by atoms with Crippen molar-refractivity contribution in [2.24, 2.45) is 0 Å². The number of hydrogen-bond donors (Lipinski definition) is 1. The molecule has 23 heavy (non-hydrogen) atoms. The van der Waals surface area contributed by atoms with Crippen LogP contribution in [0.1, 0.15) is 18.2 Å². The van der Waals surface area contributed by atoms with E-state index in [1.807, 2.05) is 61.0 Å². The maximum atomic E-state index is 12.2. The molecule has 0 radical (unpaired) electrons. The van der Waals surface area contributed by atoms with Gasteiger partial charge in [-0.1, -0.05) is 17.8 Å². The van der Waals surface area contributed by atoms with Crippen molar-refractivity contribution in [1.82, 2.24) is 19.7 Å². The molecule has 3 rings (SSSR count). The summed E-state index contributed by atoms with van der Waals surface area (Å²) in [5.74, 6) is -0.0195. The van der Waals surface area contributed by atoms with Crippen LogP contribution in [0.2, 0.25) is 0 Å². The molecule has 118 valence electrons. The van der Waals surface area contributed by atoms with E-state index in [9.17, 15) is 4.79 Å². The molecule has 0 aliphatic carbocycles. The van der Waals surface area contributed by atoms with Crippen LogP contribution in [0.3, 0.4) is 0 Å². The zero-order valence-corrected chi connectivity index (χ0v) is 13.9. The van der Waals surface area contributed by atoms with Crippen molar-refractivity contribution in [3.8, 4) is 0 Å². The molecule has 0 aliphatic heterocycles. The van der Waals surface area contributed by atoms with E-state index in [-0.39, 0.29) is 11.2 Å². The van der Waals surface area contributed by atoms with E-state index in [0.717, 1.165) is 16.4 Å². The number of carbonyl (C=O) groups excluding carboxylic acids is 1. The number of imidazole rings is 1. The second-order valence-electron chi connectivity index (χ2n) is 5.35. The van der Waals surface area contributed by atoms with Gasteiger partial charge >= 0.3 is 0 Å². The first kappa shape index (κ1) is 15.6. The van der Waals surface area contributed by atoms with Gasteiger partial charge in [0.1, 0.15) is 5.65 Å². The second kappa shape index (κ2) is 6.83. The van der Waals surface area contributed by atoms with Gasteiger partial charge in [-0.15, -0.1) is 0 Å². The molecule has 5 nitrogen and oxygen atoms in total. The minimum atomic E-state index is -0.204. The van der Waals surface area contributed by atoms with E-state index < -0.39 is 0 Å². The first-order valence-electron chi connectivity index (χ1n) is 7.41. The quantitative estimate of drug-likeness (QED) is 0.733. The van der Waals surface area contributed by atoms with Crippen LogP contribution in [-0.2, 0) is 11.3 Å². The van der Waals surface area contributed by atoms with Gasteiger partial charge in [0.2, 0.25) is 5.91 Å². The van der Waals surface area contributed by atoms with Crippen molar-refractivity contribution in [3.05, 3.63) is 60.2 Å². The molecule has 0 aliphatic rings. The van der Waals surface area contributed by atoms with Gasteiger partial charge in [0.05, 0.1) is 22.5 Å². The Hall–Kier alpha value is -2.34. The van der Waals surface area contributed by atoms with Crippen LogP contribution in [-0.4, -0.2) is 25.5 Å². The Morgan fingerprint density at radius 1 is 1.39 bits per heavy atom. The summed E-state index contributed by atoms with van der Waals surface area (Å²) < 4.78 is 1.96. The van der Waals surface area contributed by atoms with Crippen molar-refractivity contribution in [2.45, 2.75) is 30.7 Å². The maximum absolute atomic E-state index is 12.2. The number of nitrogens with one attached hydrogen (secondary N) is 1. The lowest BCUT2D eigenvalue weighted by atomic mass is 10.3. The summed E-state index contributed by atoms with van der Waals surface area (Å²) in [4.78, 5) is 20.9. The van der Waals surface area contributed by atoms with Crippen molar-refractivity contribution < 1.29 is 4.79 Å². The molecular weight excluding hydrogens is 308 g/mol. The van der Waals surface area contributed by atoms with Gasteiger partial charge in [0, 0.05) is 18.6 Å². The maximum Gasteiger partial charge on any atom is 0.233 e. The first-order chi connectivity index (χ1) is 11.1. The van der Waals surface area contributed by atoms with Crippen LogP contribution < -0.4 is 5.32 Å². The monoisotopic (exact) mass is 326 g/mol. The highest BCUT2D eigenvalue weighted by molar-refractivity contribution is 8.00. The number of nitrogens with zero attached hydrogens (tertiary/aromatic N) is 3. The largest absolute Gasteiger partial charge is 0.349 e. The third-order valence-electron chi connectivity index (χ3n) is 3.41. The smallest absolute Gasteiger partial charge is 0.233 e. The lowest BCUT2D eigenvalue weighted by Gasteiger charge is -2.10. The second-order valence-corrected chi connectivity index (χ2v) is 6.71. The van der Waals surface area contributed by atoms with Crippen molar-refractivity contribution in [3.63, 3.8) is 0 Å². The van der Waals surface area contributed by atoms with Crippen LogP contribution in [0, 0.1) is 6.92 Å². The highest BCUT2D eigenvalue weighted by atomic mass is 32.2. The Morgan fingerprint density at radius 2 is 2.26 bits per heavy atom. The molecule has 0 spiro atoms. The van der Waals surface area contributed by atoms with Crippen LogP contribution in [0.25, 0.3) is 5.65 Å². The third-order valence-corrected chi connectivity index (χ3v) is 4.46. The number of pyridine rings is 2. The Balaban J connectivity index is 1.59. The van der Waals surface area contributed by atoms with E-state index >= 15 is 0 Å². The normalized spacial score (nSPS) is 12.3. The average molecular weight is 326 g/mol. The summed E-state index contributed by atoms with van der Waals surface area (Å²) in [6, 6.07) is 9.73. The number of carbonyl (C=O) groups is 1. The minimum absolute atomic E-state index is 0.0195. The fourth-order valence-corrected chi connectivity index (χ4v) is 3.03. The van der Waals surface area contributed by atoms with Gasteiger partial charge in [-0.2, -0.15) is 0 Å². The lowest BCUT2D eigenvalue weighted by Crippen LogP contribution is -2.30. The van der Waals surface area contributed by atoms with Crippen molar-refractivity contribution in [2.75, 3.05) is 0 Å². The molecule has 1 atom stereocenters. The average Bonchev–Trinajstić information content (AvgIpc) is 2.95. The van der Waals surface area contributed by atoms with E-state index in [1.165, 1.54) is 17.3 Å². The van der Waals surface area contributed by atoms with Crippen LogP contribution in [0.4, 0.5) is 0 Å². The van der Waals surface area contributed by atoms with Gasteiger partial charge in [-0.3, -0.25) is 4.79 Å². The molecule has 3 aromatic rings. The molecule has 1 N–H and O–H groups in total. The van der Waals surface area contributed by atoms with Crippen molar-refractivity contribution >= 4 is 23.3 Å². The number of hydrogen-bond acceptors (Lipinski definition) is 4. The van der Waals surface area contributed by atoms with Gasteiger partial charge < -0.3 is 9.72 Å². The van der Waals surface area contributed by atoms with Crippen LogP contribution in [0.5, 0.6) is 0 Å². The number of rotatable bonds is 5. The van der Waals surface area contributed by atoms with E-state index in [0.29, 0.717) is 6.54 Å². The van der Waals surface area contributed by atoms with Crippen molar-refractivity contribution in [1.29, 1.82) is 0 Å². The van der Waals surface area contributed by atoms with Gasteiger partial charge in [0.15, 0.2) is 0 Å². The summed E-state index contributed by atoms with van der Waals surface area (Å²) in [6.07, 6.45) is 5.64. The number of thioether (sulfide) groups is 1. The molecule has 3 aromatic heterocycles. The van der Waals surface area contributed by atoms with Gasteiger partial charge in [0.25, 0.3) is 0 Å². The zero-order chi connectivity index (χ0) is 16.2. The molecule has 0 bridgehead atoms. The summed E-state index contributed by atoms with van der Waals surface area (Å²) >= 11 is 1.45. The topological polar surface area (TPSA) is 59.3 Å². The third kappa shape index (κ3) is 3.90. The predicted octanol–water partition coefficient (Wildman–Crippen LogP) is 2.83. The molecule has 1 amide bonds. The molecule has 3 heterocycles. The fraction of sp³-hybridized carbons (Fsp3) is 0.235. The van der Waals surface area contributed by atoms with Gasteiger partial charge in [-0.05, 0) is 43.7 Å². The van der Waals surface area contributed by atoms with E-state index in [2.05, 4.69) is 15.3 Å². The fourth-order valence-electron chi connectivity index (χ4n) is 2.19. The predicted molar refractivity (Wildman–Crippen MR) is 91.3 cm³/mol. The summed E-state index contributed by atoms with van der Waals surface area (Å²) in [6.45, 7) is 4.33. The molecule has 0 fully saturated rings. The molecule has 0 saturated carbocycles. The molecule has 6 heteroatoms. The number of fused-ring (bicyclic) bond motifs is 1. The number of aryl methyl sites for hydroxylation is 1. The van der Waals surface area contributed by atoms with E-state index in [4.69, 9.17) is 0 Å². The Morgan fingerprint density at radius 3 is 3.04 bits per heavy atom. The van der Waals surface area contributed by atoms with E-state index in [1.54, 1.807) is 6.20 Å². The highest BCUT2D eigenvalue weighted by Gasteiger charge is 2.15. The zero-order valence-electron chi connectivity index (χ0n) is 13.1. The summed E-state index contributed by atoms with van der Waals surface area (Å²) in [7, 11) is 0. The molecular formula is C17H18N4OS. The standard InChI is InChI=1S/C17H18N4OS/c1-12-6-8-21-11-14(20-15(21)9-12)10-19-17(22)13(2)23-16-5-3-4-7-18-16/h3-9,11,13H,10H2,1-2H3,(H,19,22)/t13-/m1/s1. The Labute approximate surface area is 139 Å².